The van der Waals surface area contributed by atoms with Crippen LogP contribution in [0, 0.1) is 11.3 Å². The highest BCUT2D eigenvalue weighted by atomic mass is 19.4. The topological polar surface area (TPSA) is 85.2 Å². The van der Waals surface area contributed by atoms with E-state index in [0.29, 0.717) is 37.6 Å². The number of carbonyl (C=O) groups excluding carboxylic acids is 1. The normalized spacial score (nSPS) is 14.0. The molecule has 10 heteroatoms. The molecule has 2 aromatic heterocycles. The number of anilines is 3. The van der Waals surface area contributed by atoms with Gasteiger partial charge in [-0.05, 0) is 42.5 Å². The van der Waals surface area contributed by atoms with Gasteiger partial charge in [-0.3, -0.25) is 4.79 Å². The van der Waals surface area contributed by atoms with E-state index in [1.54, 1.807) is 35.4 Å². The van der Waals surface area contributed by atoms with Gasteiger partial charge < -0.3 is 15.1 Å². The average Bonchev–Trinajstić information content (AvgIpc) is 2.84. The third-order valence-corrected chi connectivity index (χ3v) is 5.26. The maximum atomic E-state index is 13.2. The molecule has 33 heavy (non-hydrogen) atoms. The Morgan fingerprint density at radius 2 is 1.73 bits per heavy atom. The molecule has 4 rings (SSSR count). The summed E-state index contributed by atoms with van der Waals surface area (Å²) in [5.74, 6) is 0.486. The van der Waals surface area contributed by atoms with Crippen molar-refractivity contribution in [2.24, 2.45) is 0 Å². The minimum absolute atomic E-state index is 0.181. The summed E-state index contributed by atoms with van der Waals surface area (Å²) in [5.41, 5.74) is 0.122. The number of carbonyl (C=O) groups is 1. The largest absolute Gasteiger partial charge is 0.416 e. The number of aromatic nitrogens is 2. The third-order valence-electron chi connectivity index (χ3n) is 5.26. The van der Waals surface area contributed by atoms with E-state index >= 15 is 0 Å². The van der Waals surface area contributed by atoms with Gasteiger partial charge in [0.1, 0.15) is 17.7 Å². The van der Waals surface area contributed by atoms with Crippen LogP contribution >= 0.6 is 0 Å². The minimum Gasteiger partial charge on any atom is -0.352 e. The molecule has 1 amide bonds. The zero-order chi connectivity index (χ0) is 23.4. The van der Waals surface area contributed by atoms with E-state index in [1.165, 1.54) is 18.3 Å². The van der Waals surface area contributed by atoms with Crippen molar-refractivity contribution in [3.8, 4) is 6.07 Å². The predicted octanol–water partition coefficient (Wildman–Crippen LogP) is 4.07. The summed E-state index contributed by atoms with van der Waals surface area (Å²) in [6.07, 6.45) is -1.39. The van der Waals surface area contributed by atoms with E-state index in [0.717, 1.165) is 12.1 Å². The maximum Gasteiger partial charge on any atom is 0.416 e. The smallest absolute Gasteiger partial charge is 0.352 e. The Kier molecular flexibility index (Phi) is 6.13. The van der Waals surface area contributed by atoms with E-state index in [2.05, 4.69) is 21.4 Å². The van der Waals surface area contributed by atoms with Crippen LogP contribution in [0.4, 0.5) is 30.5 Å². The first-order valence-corrected chi connectivity index (χ1v) is 10.2. The quantitative estimate of drug-likeness (QED) is 0.642. The van der Waals surface area contributed by atoms with Crippen molar-refractivity contribution < 1.29 is 18.0 Å². The summed E-state index contributed by atoms with van der Waals surface area (Å²) in [7, 11) is 0. The van der Waals surface area contributed by atoms with Gasteiger partial charge in [0.2, 0.25) is 0 Å². The zero-order valence-corrected chi connectivity index (χ0v) is 17.4. The third kappa shape index (κ3) is 4.87. The van der Waals surface area contributed by atoms with Gasteiger partial charge in [0.25, 0.3) is 5.91 Å². The lowest BCUT2D eigenvalue weighted by Gasteiger charge is -2.35. The number of nitrogens with one attached hydrogen (secondary N) is 1. The highest BCUT2D eigenvalue weighted by Crippen LogP contribution is 2.31. The van der Waals surface area contributed by atoms with Crippen molar-refractivity contribution in [1.82, 2.24) is 14.9 Å². The predicted molar refractivity (Wildman–Crippen MR) is 116 cm³/mol. The van der Waals surface area contributed by atoms with Gasteiger partial charge in [-0.15, -0.1) is 0 Å². The lowest BCUT2D eigenvalue weighted by atomic mass is 10.1. The van der Waals surface area contributed by atoms with Crippen LogP contribution in [-0.4, -0.2) is 47.0 Å². The SMILES string of the molecule is N#Cc1cccnc1N1CCN(C(=O)c2cccnc2Nc2cccc(C(F)(F)F)c2)CC1. The van der Waals surface area contributed by atoms with Gasteiger partial charge >= 0.3 is 6.18 Å². The van der Waals surface area contributed by atoms with Crippen LogP contribution in [0.3, 0.4) is 0 Å². The number of hydrogen-bond donors (Lipinski definition) is 1. The van der Waals surface area contributed by atoms with E-state index in [9.17, 15) is 23.2 Å². The maximum absolute atomic E-state index is 13.2. The highest BCUT2D eigenvalue weighted by molar-refractivity contribution is 5.99. The van der Waals surface area contributed by atoms with E-state index in [1.807, 2.05) is 4.90 Å². The second-order valence-corrected chi connectivity index (χ2v) is 7.37. The number of pyridine rings is 2. The molecular formula is C23H19F3N6O. The number of nitriles is 1. The Morgan fingerprint density at radius 1 is 1.00 bits per heavy atom. The summed E-state index contributed by atoms with van der Waals surface area (Å²) in [6, 6.07) is 13.4. The molecule has 168 valence electrons. The zero-order valence-electron chi connectivity index (χ0n) is 17.4. The van der Waals surface area contributed by atoms with Crippen LogP contribution < -0.4 is 10.2 Å². The molecule has 1 fully saturated rings. The van der Waals surface area contributed by atoms with Crippen molar-refractivity contribution in [1.29, 1.82) is 5.26 Å². The molecule has 0 unspecified atom stereocenters. The first kappa shape index (κ1) is 22.1. The Morgan fingerprint density at radius 3 is 2.45 bits per heavy atom. The molecule has 7 nitrogen and oxygen atoms in total. The van der Waals surface area contributed by atoms with E-state index in [4.69, 9.17) is 0 Å². The molecule has 1 aliphatic heterocycles. The first-order valence-electron chi connectivity index (χ1n) is 10.2. The Labute approximate surface area is 188 Å². The molecule has 0 saturated carbocycles. The van der Waals surface area contributed by atoms with Crippen LogP contribution in [0.1, 0.15) is 21.5 Å². The van der Waals surface area contributed by atoms with Crippen LogP contribution in [0.25, 0.3) is 0 Å². The summed E-state index contributed by atoms with van der Waals surface area (Å²) in [5, 5.41) is 12.1. The van der Waals surface area contributed by atoms with Gasteiger partial charge in [-0.25, -0.2) is 9.97 Å². The lowest BCUT2D eigenvalue weighted by Crippen LogP contribution is -2.49. The van der Waals surface area contributed by atoms with Gasteiger partial charge in [0.15, 0.2) is 0 Å². The minimum atomic E-state index is -4.47. The van der Waals surface area contributed by atoms with Gasteiger partial charge in [-0.2, -0.15) is 18.4 Å². The summed E-state index contributed by atoms with van der Waals surface area (Å²) in [4.78, 5) is 25.2. The molecule has 3 heterocycles. The standard InChI is InChI=1S/C23H19F3N6O/c24-23(25,26)17-5-1-6-18(14-17)30-20-19(7-3-8-28-20)22(33)32-12-10-31(11-13-32)21-16(15-27)4-2-9-29-21/h1-9,14H,10-13H2,(H,28,30). The Bertz CT molecular complexity index is 1200. The van der Waals surface area contributed by atoms with Crippen molar-refractivity contribution in [3.05, 3.63) is 77.6 Å². The fourth-order valence-corrected chi connectivity index (χ4v) is 3.62. The van der Waals surface area contributed by atoms with Crippen LogP contribution in [0.15, 0.2) is 60.9 Å². The molecule has 0 radical (unpaired) electrons. The molecular weight excluding hydrogens is 433 g/mol. The number of alkyl halides is 3. The monoisotopic (exact) mass is 452 g/mol. The number of rotatable bonds is 4. The Hall–Kier alpha value is -4.13. The average molecular weight is 452 g/mol. The second-order valence-electron chi connectivity index (χ2n) is 7.37. The van der Waals surface area contributed by atoms with Crippen LogP contribution in [-0.2, 0) is 6.18 Å². The second kappa shape index (κ2) is 9.16. The van der Waals surface area contributed by atoms with Crippen molar-refractivity contribution in [2.45, 2.75) is 6.18 Å². The molecule has 0 atom stereocenters. The molecule has 0 spiro atoms. The number of amides is 1. The Balaban J connectivity index is 1.49. The van der Waals surface area contributed by atoms with Crippen molar-refractivity contribution in [3.63, 3.8) is 0 Å². The molecule has 1 N–H and O–H groups in total. The fourth-order valence-electron chi connectivity index (χ4n) is 3.62. The van der Waals surface area contributed by atoms with Crippen molar-refractivity contribution >= 4 is 23.2 Å². The number of halogens is 3. The molecule has 1 aliphatic rings. The van der Waals surface area contributed by atoms with Gasteiger partial charge in [-0.1, -0.05) is 6.07 Å². The lowest BCUT2D eigenvalue weighted by molar-refractivity contribution is -0.137. The van der Waals surface area contributed by atoms with Gasteiger partial charge in [0.05, 0.1) is 16.7 Å². The number of piperazine rings is 1. The number of hydrogen-bond acceptors (Lipinski definition) is 6. The van der Waals surface area contributed by atoms with Crippen LogP contribution in [0.2, 0.25) is 0 Å². The molecule has 0 aliphatic carbocycles. The van der Waals surface area contributed by atoms with E-state index < -0.39 is 11.7 Å². The molecule has 1 saturated heterocycles. The molecule has 3 aromatic rings. The fraction of sp³-hybridized carbons (Fsp3) is 0.217. The number of benzene rings is 1. The first-order chi connectivity index (χ1) is 15.9. The highest BCUT2D eigenvalue weighted by Gasteiger charge is 2.31. The summed E-state index contributed by atoms with van der Waals surface area (Å²) >= 11 is 0. The molecule has 0 bridgehead atoms. The van der Waals surface area contributed by atoms with Crippen LogP contribution in [0.5, 0.6) is 0 Å². The summed E-state index contributed by atoms with van der Waals surface area (Å²) < 4.78 is 39.1. The van der Waals surface area contributed by atoms with E-state index in [-0.39, 0.29) is 23.0 Å². The number of nitrogens with zero attached hydrogens (tertiary/aromatic N) is 5. The van der Waals surface area contributed by atoms with Crippen molar-refractivity contribution in [2.75, 3.05) is 36.4 Å². The summed E-state index contributed by atoms with van der Waals surface area (Å²) in [6.45, 7) is 1.79. The van der Waals surface area contributed by atoms with Gasteiger partial charge in [0, 0.05) is 44.3 Å². The molecule has 1 aromatic carbocycles.